The minimum absolute atomic E-state index is 0.203. The van der Waals surface area contributed by atoms with Crippen LogP contribution in [0.15, 0.2) is 42.6 Å². The maximum atomic E-state index is 12.0. The third-order valence-corrected chi connectivity index (χ3v) is 3.22. The van der Waals surface area contributed by atoms with Gasteiger partial charge in [-0.05, 0) is 42.8 Å². The monoisotopic (exact) mass is 320 g/mol. The van der Waals surface area contributed by atoms with Crippen LogP contribution >= 0.6 is 11.6 Å². The average Bonchev–Trinajstić information content (AvgIpc) is 2.54. The highest BCUT2D eigenvalue weighted by Gasteiger charge is 2.14. The fourth-order valence-corrected chi connectivity index (χ4v) is 1.90. The predicted octanol–water partition coefficient (Wildman–Crippen LogP) is 2.83. The topological polar surface area (TPSA) is 60.5 Å². The second kappa shape index (κ2) is 7.66. The number of carbonyl (C=O) groups excluding carboxylic acids is 1. The second-order valence-corrected chi connectivity index (χ2v) is 5.07. The highest BCUT2D eigenvalue weighted by atomic mass is 35.5. The molecule has 5 nitrogen and oxygen atoms in total. The zero-order chi connectivity index (χ0) is 15.9. The van der Waals surface area contributed by atoms with Crippen molar-refractivity contribution in [3.8, 4) is 11.6 Å². The summed E-state index contributed by atoms with van der Waals surface area (Å²) in [5.74, 6) is 0.903. The van der Waals surface area contributed by atoms with Crippen molar-refractivity contribution in [3.63, 3.8) is 0 Å². The van der Waals surface area contributed by atoms with Crippen molar-refractivity contribution in [1.82, 2.24) is 10.3 Å². The van der Waals surface area contributed by atoms with Gasteiger partial charge in [-0.3, -0.25) is 4.79 Å². The van der Waals surface area contributed by atoms with Gasteiger partial charge in [-0.2, -0.15) is 0 Å². The summed E-state index contributed by atoms with van der Waals surface area (Å²) >= 11 is 5.80. The molecule has 1 amide bonds. The number of carbonyl (C=O) groups is 1. The number of benzene rings is 1. The number of rotatable bonds is 6. The van der Waals surface area contributed by atoms with Gasteiger partial charge >= 0.3 is 0 Å². The van der Waals surface area contributed by atoms with Gasteiger partial charge in [-0.15, -0.1) is 0 Å². The lowest BCUT2D eigenvalue weighted by Gasteiger charge is -2.15. The van der Waals surface area contributed by atoms with Crippen molar-refractivity contribution >= 4 is 17.5 Å². The third kappa shape index (κ3) is 4.63. The van der Waals surface area contributed by atoms with E-state index >= 15 is 0 Å². The van der Waals surface area contributed by atoms with Crippen LogP contribution < -0.4 is 14.8 Å². The Hall–Kier alpha value is -2.27. The first-order valence-corrected chi connectivity index (χ1v) is 7.15. The van der Waals surface area contributed by atoms with Crippen LogP contribution in [-0.2, 0) is 11.3 Å². The van der Waals surface area contributed by atoms with Gasteiger partial charge in [-0.25, -0.2) is 4.98 Å². The van der Waals surface area contributed by atoms with Crippen molar-refractivity contribution in [3.05, 3.63) is 53.2 Å². The van der Waals surface area contributed by atoms with E-state index in [0.29, 0.717) is 23.2 Å². The number of ether oxygens (including phenoxy) is 2. The van der Waals surface area contributed by atoms with Gasteiger partial charge in [0.15, 0.2) is 6.10 Å². The molecule has 0 fully saturated rings. The molecule has 22 heavy (non-hydrogen) atoms. The molecule has 1 atom stereocenters. The maximum Gasteiger partial charge on any atom is 0.261 e. The Labute approximate surface area is 134 Å². The van der Waals surface area contributed by atoms with Gasteiger partial charge in [0.25, 0.3) is 5.91 Å². The molecule has 1 heterocycles. The van der Waals surface area contributed by atoms with Gasteiger partial charge in [0.05, 0.1) is 7.11 Å². The molecule has 0 bridgehead atoms. The molecule has 0 aliphatic heterocycles. The fraction of sp³-hybridized carbons (Fsp3) is 0.250. The summed E-state index contributed by atoms with van der Waals surface area (Å²) in [6.07, 6.45) is 1.03. The van der Waals surface area contributed by atoms with Crippen molar-refractivity contribution < 1.29 is 14.3 Å². The Balaban J connectivity index is 1.86. The number of hydrogen-bond acceptors (Lipinski definition) is 4. The number of pyridine rings is 1. The smallest absolute Gasteiger partial charge is 0.261 e. The molecule has 0 aliphatic rings. The van der Waals surface area contributed by atoms with Crippen LogP contribution in [-0.4, -0.2) is 24.1 Å². The third-order valence-electron chi connectivity index (χ3n) is 2.97. The van der Waals surface area contributed by atoms with Crippen LogP contribution in [0.4, 0.5) is 0 Å². The van der Waals surface area contributed by atoms with Crippen LogP contribution in [0.2, 0.25) is 5.02 Å². The Morgan fingerprint density at radius 1 is 1.32 bits per heavy atom. The molecule has 0 saturated heterocycles. The second-order valence-electron chi connectivity index (χ2n) is 4.64. The molecule has 0 saturated carbocycles. The van der Waals surface area contributed by atoms with Gasteiger partial charge in [-0.1, -0.05) is 11.6 Å². The number of halogens is 1. The summed E-state index contributed by atoms with van der Waals surface area (Å²) < 4.78 is 10.6. The number of nitrogens with one attached hydrogen (secondary N) is 1. The minimum atomic E-state index is -0.607. The highest BCUT2D eigenvalue weighted by molar-refractivity contribution is 6.30. The first-order valence-electron chi connectivity index (χ1n) is 6.77. The SMILES string of the molecule is COc1cc(CNC(=O)C(C)Oc2ccc(Cl)cc2)ccn1. The molecule has 1 unspecified atom stereocenters. The summed E-state index contributed by atoms with van der Waals surface area (Å²) in [5.41, 5.74) is 0.902. The molecule has 1 aromatic heterocycles. The first-order chi connectivity index (χ1) is 10.6. The van der Waals surface area contributed by atoms with Gasteiger partial charge in [0.2, 0.25) is 5.88 Å². The normalized spacial score (nSPS) is 11.6. The van der Waals surface area contributed by atoms with E-state index in [4.69, 9.17) is 21.1 Å². The lowest BCUT2D eigenvalue weighted by molar-refractivity contribution is -0.127. The lowest BCUT2D eigenvalue weighted by atomic mass is 10.2. The number of nitrogens with zero attached hydrogens (tertiary/aromatic N) is 1. The minimum Gasteiger partial charge on any atom is -0.481 e. The van der Waals surface area contributed by atoms with Crippen LogP contribution in [0.25, 0.3) is 0 Å². The van der Waals surface area contributed by atoms with Crippen LogP contribution in [0.1, 0.15) is 12.5 Å². The van der Waals surface area contributed by atoms with Crippen LogP contribution in [0.5, 0.6) is 11.6 Å². The molecular weight excluding hydrogens is 304 g/mol. The molecule has 1 N–H and O–H groups in total. The Kier molecular flexibility index (Phi) is 5.61. The number of aromatic nitrogens is 1. The van der Waals surface area contributed by atoms with E-state index in [1.54, 1.807) is 50.6 Å². The Morgan fingerprint density at radius 3 is 2.73 bits per heavy atom. The van der Waals surface area contributed by atoms with E-state index in [0.717, 1.165) is 5.56 Å². The fourth-order valence-electron chi connectivity index (χ4n) is 1.78. The summed E-state index contributed by atoms with van der Waals surface area (Å²) in [7, 11) is 1.55. The zero-order valence-corrected chi connectivity index (χ0v) is 13.1. The Morgan fingerprint density at radius 2 is 2.05 bits per heavy atom. The average molecular weight is 321 g/mol. The van der Waals surface area contributed by atoms with E-state index in [9.17, 15) is 4.79 Å². The molecule has 2 aromatic rings. The van der Waals surface area contributed by atoms with Crippen LogP contribution in [0.3, 0.4) is 0 Å². The largest absolute Gasteiger partial charge is 0.481 e. The van der Waals surface area contributed by atoms with E-state index < -0.39 is 6.10 Å². The molecule has 6 heteroatoms. The quantitative estimate of drug-likeness (QED) is 0.889. The maximum absolute atomic E-state index is 12.0. The number of hydrogen-bond donors (Lipinski definition) is 1. The summed E-state index contributed by atoms with van der Waals surface area (Å²) in [6.45, 7) is 2.07. The van der Waals surface area contributed by atoms with Gasteiger partial charge in [0.1, 0.15) is 5.75 Å². The Bertz CT molecular complexity index is 632. The zero-order valence-electron chi connectivity index (χ0n) is 12.4. The van der Waals surface area contributed by atoms with Crippen LogP contribution in [0, 0.1) is 0 Å². The molecule has 0 radical (unpaired) electrons. The molecule has 1 aromatic carbocycles. The van der Waals surface area contributed by atoms with E-state index in [2.05, 4.69) is 10.3 Å². The summed E-state index contributed by atoms with van der Waals surface area (Å²) in [6, 6.07) is 10.5. The lowest BCUT2D eigenvalue weighted by Crippen LogP contribution is -2.35. The highest BCUT2D eigenvalue weighted by Crippen LogP contribution is 2.17. The number of amides is 1. The number of methoxy groups -OCH3 is 1. The molecule has 0 spiro atoms. The summed E-state index contributed by atoms with van der Waals surface area (Å²) in [5, 5.41) is 3.43. The van der Waals surface area contributed by atoms with E-state index in [-0.39, 0.29) is 5.91 Å². The van der Waals surface area contributed by atoms with E-state index in [1.165, 1.54) is 0 Å². The predicted molar refractivity (Wildman–Crippen MR) is 84.2 cm³/mol. The van der Waals surface area contributed by atoms with Gasteiger partial charge in [0, 0.05) is 23.8 Å². The molecule has 2 rings (SSSR count). The van der Waals surface area contributed by atoms with Crippen molar-refractivity contribution in [2.75, 3.05) is 7.11 Å². The molecule has 0 aliphatic carbocycles. The summed E-state index contributed by atoms with van der Waals surface area (Å²) in [4.78, 5) is 16.0. The van der Waals surface area contributed by atoms with Crippen molar-refractivity contribution in [2.45, 2.75) is 19.6 Å². The molecule has 116 valence electrons. The first kappa shape index (κ1) is 16.1. The standard InChI is InChI=1S/C16H17ClN2O3/c1-11(22-14-5-3-13(17)4-6-14)16(20)19-10-12-7-8-18-15(9-12)21-2/h3-9,11H,10H2,1-2H3,(H,19,20). The van der Waals surface area contributed by atoms with Gasteiger partial charge < -0.3 is 14.8 Å². The van der Waals surface area contributed by atoms with Crippen molar-refractivity contribution in [2.24, 2.45) is 0 Å². The molecular formula is C16H17ClN2O3. The van der Waals surface area contributed by atoms with E-state index in [1.807, 2.05) is 6.07 Å². The van der Waals surface area contributed by atoms with Crippen molar-refractivity contribution in [1.29, 1.82) is 0 Å².